The van der Waals surface area contributed by atoms with E-state index in [-0.39, 0.29) is 24.5 Å². The van der Waals surface area contributed by atoms with Gasteiger partial charge in [0.25, 0.3) is 0 Å². The number of methoxy groups -OCH3 is 1. The van der Waals surface area contributed by atoms with Gasteiger partial charge in [0.1, 0.15) is 12.1 Å². The number of hydrogen-bond donors (Lipinski definition) is 2. The number of hydrogen-bond acceptors (Lipinski definition) is 4. The number of carbonyl (C=O) groups excluding carboxylic acids is 2. The predicted octanol–water partition coefficient (Wildman–Crippen LogP) is 0.270. The molecule has 0 aliphatic carbocycles. The van der Waals surface area contributed by atoms with Crippen LogP contribution in [0.2, 0.25) is 0 Å². The Kier molecular flexibility index (Phi) is 4.93. The molecule has 1 fully saturated rings. The third-order valence-electron chi connectivity index (χ3n) is 3.59. The highest BCUT2D eigenvalue weighted by molar-refractivity contribution is 6.02. The molecule has 0 aromatic heterocycles. The Balaban J connectivity index is 2.05. The summed E-state index contributed by atoms with van der Waals surface area (Å²) in [7, 11) is 1.48. The van der Waals surface area contributed by atoms with Crippen LogP contribution in [0.4, 0.5) is 5.69 Å². The Morgan fingerprint density at radius 3 is 2.76 bits per heavy atom. The summed E-state index contributed by atoms with van der Waals surface area (Å²) in [5.74, 6) is -0.469. The second-order valence-corrected chi connectivity index (χ2v) is 5.25. The molecule has 0 radical (unpaired) electrons. The van der Waals surface area contributed by atoms with Crippen molar-refractivity contribution in [3.05, 3.63) is 30.3 Å². The molecule has 1 aromatic carbocycles. The molecule has 2 rings (SSSR count). The fourth-order valence-electron chi connectivity index (χ4n) is 2.56. The minimum atomic E-state index is -0.760. The Labute approximate surface area is 124 Å². The van der Waals surface area contributed by atoms with Gasteiger partial charge < -0.3 is 20.7 Å². The topological polar surface area (TPSA) is 84.7 Å². The number of carbonyl (C=O) groups is 2. The number of amides is 2. The van der Waals surface area contributed by atoms with E-state index in [1.54, 1.807) is 4.90 Å². The second kappa shape index (κ2) is 6.69. The maximum Gasteiger partial charge on any atom is 0.249 e. The first kappa shape index (κ1) is 15.5. The lowest BCUT2D eigenvalue weighted by molar-refractivity contribution is -0.128. The number of benzene rings is 1. The lowest BCUT2D eigenvalue weighted by atomic mass is 10.1. The molecule has 6 heteroatoms. The fraction of sp³-hybridized carbons (Fsp3) is 0.467. The van der Waals surface area contributed by atoms with E-state index in [0.29, 0.717) is 6.42 Å². The molecule has 0 spiro atoms. The first-order valence-corrected chi connectivity index (χ1v) is 6.97. The van der Waals surface area contributed by atoms with Crippen molar-refractivity contribution in [3.8, 4) is 0 Å². The number of ether oxygens (including phenoxy) is 1. The number of nitrogens with two attached hydrogens (primary N) is 1. The van der Waals surface area contributed by atoms with E-state index in [1.807, 2.05) is 37.3 Å². The third-order valence-corrected chi connectivity index (χ3v) is 3.59. The zero-order valence-electron chi connectivity index (χ0n) is 12.3. The molecule has 1 saturated heterocycles. The molecule has 2 amide bonds. The second-order valence-electron chi connectivity index (χ2n) is 5.25. The molecule has 3 N–H and O–H groups in total. The van der Waals surface area contributed by atoms with Gasteiger partial charge in [0.05, 0.1) is 6.61 Å². The molecule has 3 unspecified atom stereocenters. The van der Waals surface area contributed by atoms with Crippen LogP contribution in [0.25, 0.3) is 0 Å². The van der Waals surface area contributed by atoms with Gasteiger partial charge in [-0.25, -0.2) is 0 Å². The molecular formula is C15H21N3O3. The van der Waals surface area contributed by atoms with Crippen LogP contribution in [0.3, 0.4) is 0 Å². The van der Waals surface area contributed by atoms with Crippen molar-refractivity contribution >= 4 is 17.5 Å². The molecule has 1 aliphatic heterocycles. The highest BCUT2D eigenvalue weighted by Gasteiger charge is 2.39. The maximum absolute atomic E-state index is 12.5. The van der Waals surface area contributed by atoms with Crippen LogP contribution in [-0.4, -0.2) is 43.7 Å². The first-order chi connectivity index (χ1) is 10.0. The quantitative estimate of drug-likeness (QED) is 0.815. The first-order valence-electron chi connectivity index (χ1n) is 6.97. The van der Waals surface area contributed by atoms with E-state index in [4.69, 9.17) is 10.5 Å². The van der Waals surface area contributed by atoms with Gasteiger partial charge in [-0.1, -0.05) is 18.2 Å². The van der Waals surface area contributed by atoms with Gasteiger partial charge in [-0.3, -0.25) is 9.59 Å². The largest absolute Gasteiger partial charge is 0.383 e. The maximum atomic E-state index is 12.5. The van der Waals surface area contributed by atoms with E-state index in [9.17, 15) is 9.59 Å². The fourth-order valence-corrected chi connectivity index (χ4v) is 2.56. The van der Waals surface area contributed by atoms with Crippen LogP contribution in [0.15, 0.2) is 30.3 Å². The van der Waals surface area contributed by atoms with E-state index in [2.05, 4.69) is 5.32 Å². The number of rotatable bonds is 5. The minimum absolute atomic E-state index is 0.0313. The van der Waals surface area contributed by atoms with Crippen molar-refractivity contribution in [3.63, 3.8) is 0 Å². The van der Waals surface area contributed by atoms with Gasteiger partial charge in [-0.2, -0.15) is 0 Å². The molecular weight excluding hydrogens is 270 g/mol. The normalized spacial score (nSPS) is 23.2. The van der Waals surface area contributed by atoms with Crippen molar-refractivity contribution < 1.29 is 14.3 Å². The van der Waals surface area contributed by atoms with Crippen molar-refractivity contribution in [2.24, 2.45) is 5.73 Å². The van der Waals surface area contributed by atoms with Crippen LogP contribution >= 0.6 is 0 Å². The van der Waals surface area contributed by atoms with Crippen LogP contribution in [0.1, 0.15) is 13.3 Å². The summed E-state index contributed by atoms with van der Waals surface area (Å²) < 4.78 is 4.85. The standard InChI is InChI=1S/C15H21N3O3/c1-10-8-13(17-14(19)12(16)9-21-2)15(20)18(10)11-6-4-3-5-7-11/h3-7,10,12-13H,8-9,16H2,1-2H3,(H,17,19). The van der Waals surface area contributed by atoms with Gasteiger partial charge in [-0.15, -0.1) is 0 Å². The van der Waals surface area contributed by atoms with E-state index < -0.39 is 12.1 Å². The minimum Gasteiger partial charge on any atom is -0.383 e. The van der Waals surface area contributed by atoms with Gasteiger partial charge in [0.2, 0.25) is 11.8 Å². The van der Waals surface area contributed by atoms with E-state index in [1.165, 1.54) is 7.11 Å². The molecule has 0 bridgehead atoms. The molecule has 21 heavy (non-hydrogen) atoms. The summed E-state index contributed by atoms with van der Waals surface area (Å²) in [5.41, 5.74) is 6.51. The van der Waals surface area contributed by atoms with Gasteiger partial charge in [0.15, 0.2) is 0 Å². The summed E-state index contributed by atoms with van der Waals surface area (Å²) >= 11 is 0. The zero-order chi connectivity index (χ0) is 15.4. The number of nitrogens with one attached hydrogen (secondary N) is 1. The van der Waals surface area contributed by atoms with Gasteiger partial charge >= 0.3 is 0 Å². The Hall–Kier alpha value is -1.92. The average Bonchev–Trinajstić information content (AvgIpc) is 2.74. The van der Waals surface area contributed by atoms with Crippen molar-refractivity contribution in [1.29, 1.82) is 0 Å². The summed E-state index contributed by atoms with van der Waals surface area (Å²) in [5, 5.41) is 2.71. The summed E-state index contributed by atoms with van der Waals surface area (Å²) in [6.45, 7) is 2.09. The molecule has 114 valence electrons. The number of anilines is 1. The van der Waals surface area contributed by atoms with Crippen LogP contribution < -0.4 is 16.0 Å². The SMILES string of the molecule is COCC(N)C(=O)NC1CC(C)N(c2ccccc2)C1=O. The highest BCUT2D eigenvalue weighted by atomic mass is 16.5. The summed E-state index contributed by atoms with van der Waals surface area (Å²) in [6.07, 6.45) is 0.569. The zero-order valence-corrected chi connectivity index (χ0v) is 12.3. The van der Waals surface area contributed by atoms with Crippen LogP contribution in [0.5, 0.6) is 0 Å². The summed E-state index contributed by atoms with van der Waals surface area (Å²) in [6, 6.07) is 8.18. The average molecular weight is 291 g/mol. The van der Waals surface area contributed by atoms with E-state index >= 15 is 0 Å². The van der Waals surface area contributed by atoms with Crippen molar-refractivity contribution in [2.45, 2.75) is 31.5 Å². The van der Waals surface area contributed by atoms with Crippen molar-refractivity contribution in [2.75, 3.05) is 18.6 Å². The lowest BCUT2D eigenvalue weighted by Crippen LogP contribution is -2.50. The van der Waals surface area contributed by atoms with Gasteiger partial charge in [-0.05, 0) is 25.5 Å². The lowest BCUT2D eigenvalue weighted by Gasteiger charge is -2.21. The molecule has 1 aromatic rings. The van der Waals surface area contributed by atoms with Crippen molar-refractivity contribution in [1.82, 2.24) is 5.32 Å². The molecule has 1 aliphatic rings. The predicted molar refractivity (Wildman–Crippen MR) is 79.8 cm³/mol. The van der Waals surface area contributed by atoms with E-state index in [0.717, 1.165) is 5.69 Å². The molecule has 1 heterocycles. The smallest absolute Gasteiger partial charge is 0.249 e. The molecule has 0 saturated carbocycles. The summed E-state index contributed by atoms with van der Waals surface area (Å²) in [4.78, 5) is 26.1. The number of para-hydroxylation sites is 1. The Bertz CT molecular complexity index is 506. The Morgan fingerprint density at radius 1 is 1.48 bits per heavy atom. The van der Waals surface area contributed by atoms with Gasteiger partial charge in [0, 0.05) is 18.8 Å². The Morgan fingerprint density at radius 2 is 2.14 bits per heavy atom. The number of nitrogens with zero attached hydrogens (tertiary/aromatic N) is 1. The highest BCUT2D eigenvalue weighted by Crippen LogP contribution is 2.26. The van der Waals surface area contributed by atoms with Crippen LogP contribution in [-0.2, 0) is 14.3 Å². The monoisotopic (exact) mass is 291 g/mol. The molecule has 3 atom stereocenters. The van der Waals surface area contributed by atoms with Crippen LogP contribution in [0, 0.1) is 0 Å². The molecule has 6 nitrogen and oxygen atoms in total. The third kappa shape index (κ3) is 3.40.